The maximum Gasteiger partial charge on any atom is 0.0992 e. The largest absolute Gasteiger partial charge is 0.309 e. The first-order chi connectivity index (χ1) is 21.6. The lowest BCUT2D eigenvalue weighted by atomic mass is 9.99. The molecule has 0 spiro atoms. The second kappa shape index (κ2) is 9.97. The van der Waals surface area contributed by atoms with Crippen molar-refractivity contribution in [1.29, 1.82) is 15.8 Å². The van der Waals surface area contributed by atoms with Gasteiger partial charge in [0.25, 0.3) is 0 Å². The highest BCUT2D eigenvalue weighted by Gasteiger charge is 2.16. The Morgan fingerprint density at radius 3 is 1.86 bits per heavy atom. The van der Waals surface area contributed by atoms with E-state index in [1.165, 1.54) is 31.3 Å². The molecule has 0 bridgehead atoms. The van der Waals surface area contributed by atoms with Crippen LogP contribution in [0.15, 0.2) is 121 Å². The molecule has 2 aromatic heterocycles. The Kier molecular flexibility index (Phi) is 5.78. The zero-order valence-corrected chi connectivity index (χ0v) is 24.1. The first-order valence-corrected chi connectivity index (χ1v) is 14.9. The highest BCUT2D eigenvalue weighted by Crippen LogP contribution is 2.42. The fourth-order valence-corrected chi connectivity index (χ4v) is 7.45. The van der Waals surface area contributed by atoms with E-state index in [0.29, 0.717) is 16.7 Å². The Balaban J connectivity index is 1.34. The van der Waals surface area contributed by atoms with Crippen molar-refractivity contribution in [2.75, 3.05) is 0 Å². The predicted octanol–water partition coefficient (Wildman–Crippen LogP) is 10.1. The monoisotopic (exact) mass is 576 g/mol. The van der Waals surface area contributed by atoms with E-state index in [4.69, 9.17) is 0 Å². The number of thiophene rings is 1. The predicted molar refractivity (Wildman–Crippen MR) is 179 cm³/mol. The second-order valence-corrected chi connectivity index (χ2v) is 11.8. The van der Waals surface area contributed by atoms with Gasteiger partial charge in [-0.1, -0.05) is 54.6 Å². The molecule has 0 aliphatic rings. The number of aromatic nitrogens is 1. The van der Waals surface area contributed by atoms with Crippen molar-refractivity contribution in [3.63, 3.8) is 0 Å². The lowest BCUT2D eigenvalue weighted by Crippen LogP contribution is -1.96. The van der Waals surface area contributed by atoms with E-state index in [0.717, 1.165) is 38.6 Å². The minimum absolute atomic E-state index is 0.552. The van der Waals surface area contributed by atoms with Crippen LogP contribution in [0, 0.1) is 34.0 Å². The Bertz CT molecular complexity index is 2510. The van der Waals surface area contributed by atoms with Crippen LogP contribution in [0.4, 0.5) is 0 Å². The number of hydrogen-bond acceptors (Lipinski definition) is 4. The van der Waals surface area contributed by atoms with Gasteiger partial charge in [0.1, 0.15) is 0 Å². The van der Waals surface area contributed by atoms with Gasteiger partial charge in [-0.2, -0.15) is 15.8 Å². The molecule has 0 fully saturated rings. The van der Waals surface area contributed by atoms with Gasteiger partial charge in [0.05, 0.1) is 45.9 Å². The van der Waals surface area contributed by atoms with Gasteiger partial charge in [0, 0.05) is 36.6 Å². The molecule has 0 saturated heterocycles. The summed E-state index contributed by atoms with van der Waals surface area (Å²) in [4.78, 5) is 0. The van der Waals surface area contributed by atoms with Crippen molar-refractivity contribution in [3.05, 3.63) is 138 Å². The van der Waals surface area contributed by atoms with Crippen LogP contribution < -0.4 is 0 Å². The zero-order chi connectivity index (χ0) is 29.8. The minimum atomic E-state index is 0.552. The Labute approximate surface area is 257 Å². The number of fused-ring (bicyclic) bond motifs is 6. The molecule has 0 atom stereocenters. The van der Waals surface area contributed by atoms with Gasteiger partial charge in [0.15, 0.2) is 0 Å². The SMILES string of the molecule is N#Cc1cc(-c2ccc3sc4c(-c5ccccc5)cccc4c3c2)cc(-n2c3ccc(C#N)cc3c3cc(C#N)ccc32)c1. The Morgan fingerprint density at radius 2 is 1.18 bits per heavy atom. The molecule has 44 heavy (non-hydrogen) atoms. The van der Waals surface area contributed by atoms with Crippen molar-refractivity contribution < 1.29 is 0 Å². The number of rotatable bonds is 3. The highest BCUT2D eigenvalue weighted by atomic mass is 32.1. The maximum absolute atomic E-state index is 10.1. The molecule has 0 saturated carbocycles. The summed E-state index contributed by atoms with van der Waals surface area (Å²) in [7, 11) is 0. The molecule has 0 N–H and O–H groups in total. The summed E-state index contributed by atoms with van der Waals surface area (Å²) in [6, 6.07) is 47.5. The van der Waals surface area contributed by atoms with Gasteiger partial charge < -0.3 is 4.57 Å². The average Bonchev–Trinajstić information content (AvgIpc) is 3.62. The molecule has 8 aromatic rings. The summed E-state index contributed by atoms with van der Waals surface area (Å²) >= 11 is 1.80. The van der Waals surface area contributed by atoms with Gasteiger partial charge in [-0.25, -0.2) is 0 Å². The van der Waals surface area contributed by atoms with E-state index in [-0.39, 0.29) is 0 Å². The summed E-state index contributed by atoms with van der Waals surface area (Å²) in [5, 5.41) is 33.4. The molecular weight excluding hydrogens is 557 g/mol. The normalized spacial score (nSPS) is 11.1. The van der Waals surface area contributed by atoms with E-state index in [9.17, 15) is 15.8 Å². The molecular formula is C39H20N4S. The molecule has 8 rings (SSSR count). The van der Waals surface area contributed by atoms with Crippen LogP contribution in [0.25, 0.3) is 69.9 Å². The maximum atomic E-state index is 10.1. The van der Waals surface area contributed by atoms with Gasteiger partial charge in [0.2, 0.25) is 0 Å². The van der Waals surface area contributed by atoms with E-state index in [1.807, 2.05) is 42.5 Å². The minimum Gasteiger partial charge on any atom is -0.309 e. The molecule has 5 heteroatoms. The number of benzene rings is 6. The lowest BCUT2D eigenvalue weighted by molar-refractivity contribution is 1.18. The summed E-state index contributed by atoms with van der Waals surface area (Å²) in [6.07, 6.45) is 0. The average molecular weight is 577 g/mol. The number of hydrogen-bond donors (Lipinski definition) is 0. The quantitative estimate of drug-likeness (QED) is 0.210. The highest BCUT2D eigenvalue weighted by molar-refractivity contribution is 7.26. The molecule has 0 unspecified atom stereocenters. The third-order valence-corrected chi connectivity index (χ3v) is 9.46. The van der Waals surface area contributed by atoms with Crippen LogP contribution in [0.1, 0.15) is 16.7 Å². The van der Waals surface area contributed by atoms with Crippen molar-refractivity contribution in [2.45, 2.75) is 0 Å². The van der Waals surface area contributed by atoms with Crippen molar-refractivity contribution >= 4 is 53.3 Å². The Hall–Kier alpha value is -6.19. The molecule has 2 heterocycles. The molecule has 4 nitrogen and oxygen atoms in total. The topological polar surface area (TPSA) is 76.3 Å². The summed E-state index contributed by atoms with van der Waals surface area (Å²) in [5.74, 6) is 0. The molecule has 0 aliphatic carbocycles. The van der Waals surface area contributed by atoms with Gasteiger partial charge in [-0.15, -0.1) is 11.3 Å². The first kappa shape index (κ1) is 25.5. The van der Waals surface area contributed by atoms with Crippen LogP contribution in [0.5, 0.6) is 0 Å². The molecule has 0 amide bonds. The van der Waals surface area contributed by atoms with Crippen LogP contribution in [-0.4, -0.2) is 4.57 Å². The fourth-order valence-electron chi connectivity index (χ4n) is 6.24. The van der Waals surface area contributed by atoms with Gasteiger partial charge in [-0.05, 0) is 89.0 Å². The van der Waals surface area contributed by atoms with Gasteiger partial charge >= 0.3 is 0 Å². The van der Waals surface area contributed by atoms with E-state index < -0.39 is 0 Å². The summed E-state index contributed by atoms with van der Waals surface area (Å²) in [6.45, 7) is 0. The molecule has 6 aromatic carbocycles. The molecule has 202 valence electrons. The van der Waals surface area contributed by atoms with Crippen LogP contribution in [0.3, 0.4) is 0 Å². The smallest absolute Gasteiger partial charge is 0.0992 e. The van der Waals surface area contributed by atoms with Crippen molar-refractivity contribution in [3.8, 4) is 46.1 Å². The van der Waals surface area contributed by atoms with Crippen LogP contribution in [0.2, 0.25) is 0 Å². The zero-order valence-electron chi connectivity index (χ0n) is 23.2. The van der Waals surface area contributed by atoms with Crippen molar-refractivity contribution in [2.24, 2.45) is 0 Å². The van der Waals surface area contributed by atoms with E-state index in [2.05, 4.69) is 89.5 Å². The number of nitriles is 3. The third-order valence-electron chi connectivity index (χ3n) is 8.24. The molecule has 0 aliphatic heterocycles. The third kappa shape index (κ3) is 3.95. The standard InChI is InChI=1S/C39H20N4S/c40-21-24-9-12-36-33(17-24)34-18-25(22-41)10-13-37(34)43(36)30-16-26(23-42)15-29(19-30)28-11-14-38-35(20-28)32-8-4-7-31(39(32)44-38)27-5-2-1-3-6-27/h1-20H. The van der Waals surface area contributed by atoms with Crippen molar-refractivity contribution in [1.82, 2.24) is 4.57 Å². The lowest BCUT2D eigenvalue weighted by Gasteiger charge is -2.12. The Morgan fingerprint density at radius 1 is 0.477 bits per heavy atom. The number of nitrogens with zero attached hydrogens (tertiary/aromatic N) is 4. The summed E-state index contributed by atoms with van der Waals surface area (Å²) in [5.41, 5.74) is 8.71. The molecule has 0 radical (unpaired) electrons. The second-order valence-electron chi connectivity index (χ2n) is 10.8. The summed E-state index contributed by atoms with van der Waals surface area (Å²) < 4.78 is 4.59. The first-order valence-electron chi connectivity index (χ1n) is 14.1. The van der Waals surface area contributed by atoms with Gasteiger partial charge in [-0.3, -0.25) is 0 Å². The fraction of sp³-hybridized carbons (Fsp3) is 0. The van der Waals surface area contributed by atoms with E-state index in [1.54, 1.807) is 23.5 Å². The van der Waals surface area contributed by atoms with Crippen LogP contribution >= 0.6 is 11.3 Å². The van der Waals surface area contributed by atoms with Crippen LogP contribution in [-0.2, 0) is 0 Å². The van der Waals surface area contributed by atoms with E-state index >= 15 is 0 Å².